The summed E-state index contributed by atoms with van der Waals surface area (Å²) in [6, 6.07) is 0. The molecule has 0 saturated carbocycles. The Balaban J connectivity index is 2.74. The molecule has 10 heavy (non-hydrogen) atoms. The minimum atomic E-state index is -0.0499. The van der Waals surface area contributed by atoms with Crippen LogP contribution in [0.2, 0.25) is 0 Å². The maximum atomic E-state index is 5.80. The number of alkyl halides is 2. The van der Waals surface area contributed by atoms with Gasteiger partial charge in [0, 0.05) is 15.1 Å². The molecule has 56 valence electrons. The molecule has 0 saturated heterocycles. The Labute approximate surface area is 87.2 Å². The second kappa shape index (κ2) is 3.97. The third kappa shape index (κ3) is 2.13. The Bertz CT molecular complexity index is 190. The summed E-state index contributed by atoms with van der Waals surface area (Å²) < 4.78 is 1.21. The highest BCUT2D eigenvalue weighted by Gasteiger charge is 2.08. The van der Waals surface area contributed by atoms with Crippen molar-refractivity contribution in [2.45, 2.75) is 5.50 Å². The maximum Gasteiger partial charge on any atom is 0.120 e. The molecule has 1 N–H and O–H groups in total. The van der Waals surface area contributed by atoms with E-state index in [-0.39, 0.29) is 5.50 Å². The number of halogens is 3. The van der Waals surface area contributed by atoms with Crippen molar-refractivity contribution in [2.75, 3.05) is 5.33 Å². The second-order valence-corrected chi connectivity index (χ2v) is 4.08. The van der Waals surface area contributed by atoms with Gasteiger partial charge in [-0.2, -0.15) is 0 Å². The molecule has 0 aliphatic carbocycles. The summed E-state index contributed by atoms with van der Waals surface area (Å²) in [5.74, 6) is 0. The fraction of sp³-hybridized carbons (Fsp3) is 0.333. The maximum absolute atomic E-state index is 5.80. The molecule has 0 amide bonds. The topological polar surface area (TPSA) is 12.0 Å². The zero-order valence-electron chi connectivity index (χ0n) is 5.07. The first kappa shape index (κ1) is 8.87. The summed E-state index contributed by atoms with van der Waals surface area (Å²) in [6.45, 7) is 0. The van der Waals surface area contributed by atoms with Crippen LogP contribution in [0, 0.1) is 0 Å². The van der Waals surface area contributed by atoms with Crippen LogP contribution in [0.25, 0.3) is 0 Å². The Hall–Kier alpha value is 0.780. The van der Waals surface area contributed by atoms with E-state index in [1.807, 2.05) is 12.3 Å². The highest BCUT2D eigenvalue weighted by atomic mass is 127. The number of hydrogen-bond donors (Lipinski definition) is 1. The van der Waals surface area contributed by atoms with Gasteiger partial charge >= 0.3 is 0 Å². The van der Waals surface area contributed by atoms with E-state index in [0.29, 0.717) is 0 Å². The van der Waals surface area contributed by atoms with Crippen LogP contribution in [0.3, 0.4) is 0 Å². The van der Waals surface area contributed by atoms with Crippen LogP contribution in [0.4, 0.5) is 0 Å². The van der Waals surface area contributed by atoms with Gasteiger partial charge in [0.1, 0.15) is 5.50 Å². The highest BCUT2D eigenvalue weighted by molar-refractivity contribution is 14.1. The molecule has 0 bridgehead atoms. The quantitative estimate of drug-likeness (QED) is 0.442. The molecule has 1 aliphatic heterocycles. The van der Waals surface area contributed by atoms with Crippen molar-refractivity contribution in [1.29, 1.82) is 0 Å². The third-order valence-corrected chi connectivity index (χ3v) is 3.03. The highest BCUT2D eigenvalue weighted by Crippen LogP contribution is 2.23. The van der Waals surface area contributed by atoms with Gasteiger partial charge in [0.25, 0.3) is 0 Å². The molecule has 1 aliphatic rings. The van der Waals surface area contributed by atoms with Gasteiger partial charge in [-0.15, -0.1) is 0 Å². The zero-order valence-corrected chi connectivity index (χ0v) is 9.57. The smallest absolute Gasteiger partial charge is 0.120 e. The van der Waals surface area contributed by atoms with Crippen LogP contribution < -0.4 is 5.32 Å². The minimum Gasteiger partial charge on any atom is -0.371 e. The lowest BCUT2D eigenvalue weighted by Crippen LogP contribution is -2.19. The predicted molar refractivity (Wildman–Crippen MR) is 56.8 cm³/mol. The molecule has 0 radical (unpaired) electrons. The molecular weight excluding hydrogens is 328 g/mol. The van der Waals surface area contributed by atoms with Crippen molar-refractivity contribution < 1.29 is 0 Å². The van der Waals surface area contributed by atoms with Crippen molar-refractivity contribution >= 4 is 50.1 Å². The van der Waals surface area contributed by atoms with Crippen molar-refractivity contribution in [3.63, 3.8) is 0 Å². The molecule has 1 unspecified atom stereocenters. The Morgan fingerprint density at radius 1 is 1.80 bits per heavy atom. The number of rotatable bonds is 1. The summed E-state index contributed by atoms with van der Waals surface area (Å²) in [5.41, 5.74) is 1.20. The van der Waals surface area contributed by atoms with Gasteiger partial charge < -0.3 is 5.32 Å². The lowest BCUT2D eigenvalue weighted by Gasteiger charge is -2.14. The molecule has 1 heterocycles. The SMILES string of the molecule is ClC1C=C(CBr)C(I)=CN1. The summed E-state index contributed by atoms with van der Waals surface area (Å²) in [4.78, 5) is 0. The molecule has 1 rings (SSSR count). The third-order valence-electron chi connectivity index (χ3n) is 1.17. The van der Waals surface area contributed by atoms with Crippen molar-refractivity contribution in [1.82, 2.24) is 5.32 Å². The van der Waals surface area contributed by atoms with E-state index in [2.05, 4.69) is 43.8 Å². The molecular formula is C6H6BrClIN. The first-order chi connectivity index (χ1) is 4.74. The van der Waals surface area contributed by atoms with Crippen molar-refractivity contribution in [3.8, 4) is 0 Å². The number of dihydropyridines is 1. The van der Waals surface area contributed by atoms with Crippen LogP contribution in [0.5, 0.6) is 0 Å². The standard InChI is InChI=1S/C6H6BrClIN/c7-2-4-1-6(8)10-3-5(4)9/h1,3,6,10H,2H2. The fourth-order valence-electron chi connectivity index (χ4n) is 0.658. The van der Waals surface area contributed by atoms with Crippen LogP contribution in [0.1, 0.15) is 0 Å². The first-order valence-electron chi connectivity index (χ1n) is 2.77. The van der Waals surface area contributed by atoms with Crippen LogP contribution in [-0.2, 0) is 0 Å². The van der Waals surface area contributed by atoms with Gasteiger partial charge in [-0.25, -0.2) is 0 Å². The molecule has 0 fully saturated rings. The number of allylic oxidation sites excluding steroid dienone is 2. The van der Waals surface area contributed by atoms with E-state index in [9.17, 15) is 0 Å². The van der Waals surface area contributed by atoms with E-state index < -0.39 is 0 Å². The van der Waals surface area contributed by atoms with Crippen LogP contribution >= 0.6 is 50.1 Å². The summed E-state index contributed by atoms with van der Waals surface area (Å²) in [5, 5.41) is 3.86. The van der Waals surface area contributed by atoms with Gasteiger partial charge in [0.05, 0.1) is 0 Å². The van der Waals surface area contributed by atoms with Crippen molar-refractivity contribution in [2.24, 2.45) is 0 Å². The Morgan fingerprint density at radius 2 is 2.50 bits per heavy atom. The van der Waals surface area contributed by atoms with Gasteiger partial charge in [-0.3, -0.25) is 0 Å². The van der Waals surface area contributed by atoms with E-state index in [1.165, 1.54) is 9.15 Å². The predicted octanol–water partition coefficient (Wildman–Crippen LogP) is 2.75. The second-order valence-electron chi connectivity index (χ2n) is 1.89. The van der Waals surface area contributed by atoms with Gasteiger partial charge in [-0.1, -0.05) is 27.5 Å². The lowest BCUT2D eigenvalue weighted by atomic mass is 10.2. The van der Waals surface area contributed by atoms with Gasteiger partial charge in [0.15, 0.2) is 0 Å². The number of hydrogen-bond acceptors (Lipinski definition) is 1. The summed E-state index contributed by atoms with van der Waals surface area (Å²) >= 11 is 11.4. The van der Waals surface area contributed by atoms with E-state index >= 15 is 0 Å². The van der Waals surface area contributed by atoms with Crippen LogP contribution in [-0.4, -0.2) is 10.8 Å². The Morgan fingerprint density at radius 3 is 3.00 bits per heavy atom. The van der Waals surface area contributed by atoms with Gasteiger partial charge in [-0.05, 0) is 34.2 Å². The first-order valence-corrected chi connectivity index (χ1v) is 5.40. The zero-order chi connectivity index (χ0) is 7.56. The molecule has 0 aromatic heterocycles. The van der Waals surface area contributed by atoms with Crippen LogP contribution in [0.15, 0.2) is 21.4 Å². The molecule has 0 aromatic carbocycles. The molecule has 0 spiro atoms. The Kier molecular flexibility index (Phi) is 3.52. The van der Waals surface area contributed by atoms with E-state index in [4.69, 9.17) is 11.6 Å². The van der Waals surface area contributed by atoms with Gasteiger partial charge in [0.2, 0.25) is 0 Å². The minimum absolute atomic E-state index is 0.0499. The fourth-order valence-corrected chi connectivity index (χ4v) is 2.44. The molecule has 4 heteroatoms. The van der Waals surface area contributed by atoms with E-state index in [1.54, 1.807) is 0 Å². The normalized spacial score (nSPS) is 24.9. The molecule has 1 nitrogen and oxygen atoms in total. The lowest BCUT2D eigenvalue weighted by molar-refractivity contribution is 0.890. The average molecular weight is 334 g/mol. The number of nitrogens with one attached hydrogen (secondary N) is 1. The summed E-state index contributed by atoms with van der Waals surface area (Å²) in [7, 11) is 0. The van der Waals surface area contributed by atoms with E-state index in [0.717, 1.165) is 5.33 Å². The monoisotopic (exact) mass is 333 g/mol. The molecule has 1 atom stereocenters. The largest absolute Gasteiger partial charge is 0.371 e. The van der Waals surface area contributed by atoms with Crippen molar-refractivity contribution in [3.05, 3.63) is 21.4 Å². The average Bonchev–Trinajstić information content (AvgIpc) is 1.94. The molecule has 0 aromatic rings. The summed E-state index contributed by atoms with van der Waals surface area (Å²) in [6.07, 6.45) is 3.92.